The Kier molecular flexibility index (Phi) is 6.75. The van der Waals surface area contributed by atoms with Gasteiger partial charge in [0.2, 0.25) is 5.78 Å². The van der Waals surface area contributed by atoms with Crippen molar-refractivity contribution in [2.45, 2.75) is 44.9 Å². The smallest absolute Gasteiger partial charge is 0.266 e. The van der Waals surface area contributed by atoms with Crippen molar-refractivity contribution >= 4 is 33.3 Å². The minimum atomic E-state index is -0.0518. The minimum absolute atomic E-state index is 0. The number of halogens is 2. The Hall–Kier alpha value is -2.45. The van der Waals surface area contributed by atoms with E-state index in [1.807, 2.05) is 57.6 Å². The van der Waals surface area contributed by atoms with Crippen molar-refractivity contribution in [1.82, 2.24) is 9.47 Å². The summed E-state index contributed by atoms with van der Waals surface area (Å²) in [6.45, 7) is 5.49. The number of benzene rings is 2. The van der Waals surface area contributed by atoms with Gasteiger partial charge >= 0.3 is 0 Å². The summed E-state index contributed by atoms with van der Waals surface area (Å²) in [4.78, 5) is 30.4. The summed E-state index contributed by atoms with van der Waals surface area (Å²) in [6.07, 6.45) is 4.76. The van der Waals surface area contributed by atoms with Gasteiger partial charge in [-0.15, -0.1) is 0 Å². The number of anilines is 1. The van der Waals surface area contributed by atoms with E-state index in [2.05, 4.69) is 59.1 Å². The number of amides is 1. The normalized spacial score (nSPS) is 20.6. The molecule has 0 bridgehead atoms. The monoisotopic (exact) mass is 586 g/mol. The van der Waals surface area contributed by atoms with Gasteiger partial charge in [-0.3, -0.25) is 9.59 Å². The zero-order chi connectivity index (χ0) is 23.3. The van der Waals surface area contributed by atoms with E-state index < -0.39 is 0 Å². The Morgan fingerprint density at radius 3 is 2.59 bits per heavy atom. The second-order valence-corrected chi connectivity index (χ2v) is 10.2. The summed E-state index contributed by atoms with van der Waals surface area (Å²) in [5.74, 6) is 1.03. The lowest BCUT2D eigenvalue weighted by Gasteiger charge is -2.34. The van der Waals surface area contributed by atoms with Gasteiger partial charge < -0.3 is 26.8 Å². The largest absolute Gasteiger partial charge is 1.00 e. The third-order valence-electron chi connectivity index (χ3n) is 7.37. The van der Waals surface area contributed by atoms with Crippen molar-refractivity contribution < 1.29 is 31.1 Å². The average molecular weight is 588 g/mol. The van der Waals surface area contributed by atoms with Gasteiger partial charge in [0.15, 0.2) is 13.1 Å². The number of fused-ring (bicyclic) bond motifs is 3. The Morgan fingerprint density at radius 2 is 1.85 bits per heavy atom. The first kappa shape index (κ1) is 24.7. The number of aromatic nitrogens is 2. The quantitative estimate of drug-likeness (QED) is 0.326. The molecule has 2 aromatic carbocycles. The molecule has 1 aromatic heterocycles. The third-order valence-corrected chi connectivity index (χ3v) is 7.90. The van der Waals surface area contributed by atoms with E-state index in [1.165, 1.54) is 11.3 Å². The van der Waals surface area contributed by atoms with E-state index in [-0.39, 0.29) is 53.3 Å². The molecule has 34 heavy (non-hydrogen) atoms. The number of likely N-dealkylation sites (N-methyl/N-ethyl adjacent to an activating group) is 1. The highest BCUT2D eigenvalue weighted by Crippen LogP contribution is 2.51. The van der Waals surface area contributed by atoms with Gasteiger partial charge in [-0.05, 0) is 30.2 Å². The number of nitrogens with zero attached hydrogens (tertiary/aromatic N) is 4. The Labute approximate surface area is 219 Å². The molecular weight excluding hydrogens is 560 g/mol. The lowest BCUT2D eigenvalue weighted by molar-refractivity contribution is -0.688. The highest BCUT2D eigenvalue weighted by molar-refractivity contribution is 9.10. The van der Waals surface area contributed by atoms with Crippen molar-refractivity contribution in [3.8, 4) is 0 Å². The SMILES string of the molecule is Cc1n(CC(=O)N2CCC3(C)c4ccccc4N(C)C23)cc[n+]1CC(=O)c1ccc(Br)cc1.[Br-]. The van der Waals surface area contributed by atoms with Gasteiger partial charge in [-0.1, -0.05) is 53.2 Å². The van der Waals surface area contributed by atoms with Crippen LogP contribution in [0.25, 0.3) is 0 Å². The fraction of sp³-hybridized carbons (Fsp3) is 0.346. The molecule has 0 aliphatic carbocycles. The minimum Gasteiger partial charge on any atom is -1.00 e. The summed E-state index contributed by atoms with van der Waals surface area (Å²) >= 11 is 3.40. The van der Waals surface area contributed by atoms with Gasteiger partial charge in [-0.25, -0.2) is 9.13 Å². The predicted octanol–water partition coefficient (Wildman–Crippen LogP) is 0.700. The van der Waals surface area contributed by atoms with Crippen molar-refractivity contribution in [2.24, 2.45) is 0 Å². The molecule has 1 fully saturated rings. The summed E-state index contributed by atoms with van der Waals surface area (Å²) in [5.41, 5.74) is 3.16. The van der Waals surface area contributed by atoms with E-state index in [4.69, 9.17) is 0 Å². The van der Waals surface area contributed by atoms with E-state index in [9.17, 15) is 9.59 Å². The Balaban J connectivity index is 0.00000274. The van der Waals surface area contributed by atoms with E-state index in [0.29, 0.717) is 5.56 Å². The van der Waals surface area contributed by atoms with Gasteiger partial charge in [0.05, 0.1) is 0 Å². The van der Waals surface area contributed by atoms with Crippen LogP contribution in [0.4, 0.5) is 5.69 Å². The fourth-order valence-corrected chi connectivity index (χ4v) is 5.77. The maximum atomic E-state index is 13.4. The first-order valence-electron chi connectivity index (χ1n) is 11.3. The van der Waals surface area contributed by atoms with Crippen LogP contribution < -0.4 is 26.4 Å². The van der Waals surface area contributed by atoms with Crippen LogP contribution >= 0.6 is 15.9 Å². The summed E-state index contributed by atoms with van der Waals surface area (Å²) in [6, 6.07) is 15.9. The van der Waals surface area contributed by atoms with Gasteiger partial charge in [-0.2, -0.15) is 0 Å². The predicted molar refractivity (Wildman–Crippen MR) is 130 cm³/mol. The van der Waals surface area contributed by atoms with Gasteiger partial charge in [0.25, 0.3) is 11.7 Å². The summed E-state index contributed by atoms with van der Waals surface area (Å²) in [7, 11) is 2.09. The number of para-hydroxylation sites is 1. The molecule has 5 rings (SSSR count). The molecule has 0 spiro atoms. The second kappa shape index (κ2) is 9.30. The fourth-order valence-electron chi connectivity index (χ4n) is 5.51. The van der Waals surface area contributed by atoms with Crippen molar-refractivity contribution in [2.75, 3.05) is 18.5 Å². The zero-order valence-electron chi connectivity index (χ0n) is 19.5. The molecular formula is C26H28Br2N4O2. The lowest BCUT2D eigenvalue weighted by atomic mass is 9.81. The number of hydrogen-bond donors (Lipinski definition) is 0. The van der Waals surface area contributed by atoms with Crippen molar-refractivity contribution in [3.05, 3.63) is 82.3 Å². The van der Waals surface area contributed by atoms with Crippen LogP contribution in [0.5, 0.6) is 0 Å². The average Bonchev–Trinajstić information content (AvgIpc) is 3.40. The molecule has 2 aliphatic rings. The van der Waals surface area contributed by atoms with E-state index in [1.54, 1.807) is 0 Å². The van der Waals surface area contributed by atoms with Gasteiger partial charge in [0.1, 0.15) is 18.6 Å². The maximum absolute atomic E-state index is 13.4. The van der Waals surface area contributed by atoms with Crippen LogP contribution in [-0.2, 0) is 23.3 Å². The van der Waals surface area contributed by atoms with E-state index >= 15 is 0 Å². The Morgan fingerprint density at radius 1 is 1.15 bits per heavy atom. The molecule has 6 nitrogen and oxygen atoms in total. The van der Waals surface area contributed by atoms with Crippen molar-refractivity contribution in [3.63, 3.8) is 0 Å². The first-order chi connectivity index (χ1) is 15.8. The molecule has 1 saturated heterocycles. The van der Waals surface area contributed by atoms with Crippen LogP contribution in [0, 0.1) is 6.92 Å². The van der Waals surface area contributed by atoms with Crippen LogP contribution in [-0.4, -0.2) is 40.9 Å². The molecule has 3 aromatic rings. The molecule has 1 amide bonds. The van der Waals surface area contributed by atoms with Crippen LogP contribution in [0.2, 0.25) is 0 Å². The molecule has 2 atom stereocenters. The number of ketones is 1. The topological polar surface area (TPSA) is 49.4 Å². The number of hydrogen-bond acceptors (Lipinski definition) is 3. The van der Waals surface area contributed by atoms with Crippen LogP contribution in [0.1, 0.15) is 35.1 Å². The number of imidazole rings is 1. The maximum Gasteiger partial charge on any atom is 0.266 e. The van der Waals surface area contributed by atoms with Crippen LogP contribution in [0.15, 0.2) is 65.4 Å². The molecule has 178 valence electrons. The van der Waals surface area contributed by atoms with Crippen LogP contribution in [0.3, 0.4) is 0 Å². The lowest BCUT2D eigenvalue weighted by Crippen LogP contribution is -3.00. The number of carbonyl (C=O) groups is 2. The first-order valence-corrected chi connectivity index (χ1v) is 12.0. The third kappa shape index (κ3) is 4.01. The number of likely N-dealkylation sites (tertiary alicyclic amines) is 1. The summed E-state index contributed by atoms with van der Waals surface area (Å²) < 4.78 is 4.79. The molecule has 8 heteroatoms. The van der Waals surface area contributed by atoms with Gasteiger partial charge in [0, 0.05) is 41.7 Å². The Bertz CT molecular complexity index is 1240. The van der Waals surface area contributed by atoms with E-state index in [0.717, 1.165) is 23.3 Å². The molecule has 0 radical (unpaired) electrons. The number of carbonyl (C=O) groups excluding carboxylic acids is 2. The molecule has 3 heterocycles. The highest BCUT2D eigenvalue weighted by atomic mass is 79.9. The summed E-state index contributed by atoms with van der Waals surface area (Å²) in [5, 5.41) is 0. The second-order valence-electron chi connectivity index (χ2n) is 9.29. The molecule has 0 N–H and O–H groups in total. The van der Waals surface area contributed by atoms with Crippen molar-refractivity contribution in [1.29, 1.82) is 0 Å². The molecule has 2 aliphatic heterocycles. The zero-order valence-corrected chi connectivity index (χ0v) is 22.7. The standard InChI is InChI=1S/C26H28BrN4O2.BrH/c1-18-29(16-23(32)19-8-10-20(27)11-9-19)14-15-30(18)17-24(33)31-13-12-26(2)21-6-4-5-7-22(21)28(3)25(26)31;/h4-11,14-15,25H,12-13,16-17H2,1-3H3;1H/q+1;/p-1. The molecule has 2 unspecified atom stereocenters. The molecule has 0 saturated carbocycles. The number of rotatable bonds is 5. The number of Topliss-reactive ketones (excluding diaryl/α,β-unsaturated/α-hetero) is 1. The highest BCUT2D eigenvalue weighted by Gasteiger charge is 2.54.